The first-order valence-corrected chi connectivity index (χ1v) is 8.11. The first-order valence-electron chi connectivity index (χ1n) is 8.11. The number of aromatic nitrogens is 5. The van der Waals surface area contributed by atoms with Crippen LogP contribution in [0.3, 0.4) is 0 Å². The minimum atomic E-state index is -0.196. The zero-order chi connectivity index (χ0) is 16.4. The van der Waals surface area contributed by atoms with Crippen molar-refractivity contribution in [2.24, 2.45) is 0 Å². The minimum Gasteiger partial charge on any atom is -0.343 e. The van der Waals surface area contributed by atoms with E-state index in [1.165, 1.54) is 0 Å². The predicted octanol–water partition coefficient (Wildman–Crippen LogP) is 1.93. The van der Waals surface area contributed by atoms with Crippen LogP contribution in [0.25, 0.3) is 11.3 Å². The zero-order valence-electron chi connectivity index (χ0n) is 13.2. The summed E-state index contributed by atoms with van der Waals surface area (Å²) < 4.78 is 2.10. The van der Waals surface area contributed by atoms with Crippen LogP contribution in [0.15, 0.2) is 36.4 Å². The van der Waals surface area contributed by atoms with Gasteiger partial charge in [-0.3, -0.25) is 9.89 Å². The molecule has 122 valence electrons. The number of fused-ring (bicyclic) bond motifs is 1. The van der Waals surface area contributed by atoms with Crippen molar-refractivity contribution in [1.82, 2.24) is 30.3 Å². The van der Waals surface area contributed by atoms with Crippen LogP contribution in [0.1, 0.15) is 35.0 Å². The van der Waals surface area contributed by atoms with E-state index in [1.807, 2.05) is 30.3 Å². The Hall–Kier alpha value is -2.96. The second kappa shape index (κ2) is 6.27. The first-order chi connectivity index (χ1) is 11.8. The van der Waals surface area contributed by atoms with E-state index in [0.717, 1.165) is 48.7 Å². The second-order valence-electron chi connectivity index (χ2n) is 5.86. The minimum absolute atomic E-state index is 0.196. The van der Waals surface area contributed by atoms with Crippen LogP contribution in [-0.2, 0) is 19.5 Å². The standard InChI is InChI=1S/C17H18N6O/c24-17(14-10-13(19-20-14)12-6-2-1-3-7-12)18-11-16-22-21-15-8-4-5-9-23(15)16/h1-3,6-7,10H,4-5,8-9,11H2,(H,18,24)(H,19,20). The van der Waals surface area contributed by atoms with Gasteiger partial charge in [-0.25, -0.2) is 0 Å². The molecule has 1 aliphatic heterocycles. The van der Waals surface area contributed by atoms with Crippen LogP contribution in [-0.4, -0.2) is 30.9 Å². The molecule has 0 saturated heterocycles. The molecule has 0 unspecified atom stereocenters. The summed E-state index contributed by atoms with van der Waals surface area (Å²) in [5.74, 6) is 1.62. The number of amides is 1. The molecule has 1 amide bonds. The number of nitrogens with one attached hydrogen (secondary N) is 2. The van der Waals surface area contributed by atoms with Gasteiger partial charge in [0.25, 0.3) is 5.91 Å². The van der Waals surface area contributed by atoms with Crippen LogP contribution in [0.4, 0.5) is 0 Å². The number of aromatic amines is 1. The van der Waals surface area contributed by atoms with Gasteiger partial charge in [0, 0.05) is 18.5 Å². The van der Waals surface area contributed by atoms with Gasteiger partial charge in [-0.15, -0.1) is 10.2 Å². The molecule has 0 spiro atoms. The summed E-state index contributed by atoms with van der Waals surface area (Å²) in [5.41, 5.74) is 2.16. The highest BCUT2D eigenvalue weighted by molar-refractivity contribution is 5.93. The predicted molar refractivity (Wildman–Crippen MR) is 88.2 cm³/mol. The molecule has 2 N–H and O–H groups in total. The fraction of sp³-hybridized carbons (Fsp3) is 0.294. The largest absolute Gasteiger partial charge is 0.343 e. The van der Waals surface area contributed by atoms with Crippen molar-refractivity contribution in [3.8, 4) is 11.3 Å². The number of benzene rings is 1. The molecule has 0 atom stereocenters. The van der Waals surface area contributed by atoms with E-state index in [2.05, 4.69) is 30.3 Å². The lowest BCUT2D eigenvalue weighted by Gasteiger charge is -2.14. The molecular formula is C17H18N6O. The smallest absolute Gasteiger partial charge is 0.269 e. The average Bonchev–Trinajstić information content (AvgIpc) is 3.28. The monoisotopic (exact) mass is 322 g/mol. The molecular weight excluding hydrogens is 304 g/mol. The fourth-order valence-electron chi connectivity index (χ4n) is 2.95. The van der Waals surface area contributed by atoms with Gasteiger partial charge in [-0.05, 0) is 18.9 Å². The zero-order valence-corrected chi connectivity index (χ0v) is 13.2. The van der Waals surface area contributed by atoms with Crippen LogP contribution < -0.4 is 5.32 Å². The maximum Gasteiger partial charge on any atom is 0.269 e. The van der Waals surface area contributed by atoms with Crippen LogP contribution >= 0.6 is 0 Å². The number of hydrogen-bond acceptors (Lipinski definition) is 4. The maximum atomic E-state index is 12.3. The molecule has 1 aliphatic rings. The van der Waals surface area contributed by atoms with Crippen molar-refractivity contribution >= 4 is 5.91 Å². The quantitative estimate of drug-likeness (QED) is 0.768. The van der Waals surface area contributed by atoms with E-state index in [9.17, 15) is 4.79 Å². The molecule has 3 aromatic rings. The molecule has 3 heterocycles. The molecule has 0 radical (unpaired) electrons. The van der Waals surface area contributed by atoms with E-state index in [1.54, 1.807) is 6.07 Å². The summed E-state index contributed by atoms with van der Waals surface area (Å²) >= 11 is 0. The average molecular weight is 322 g/mol. The van der Waals surface area contributed by atoms with Crippen LogP contribution in [0.2, 0.25) is 0 Å². The number of hydrogen-bond donors (Lipinski definition) is 2. The maximum absolute atomic E-state index is 12.3. The Balaban J connectivity index is 1.44. The van der Waals surface area contributed by atoms with Gasteiger partial charge in [0.1, 0.15) is 11.5 Å². The SMILES string of the molecule is O=C(NCc1nnc2n1CCCC2)c1cc(-c2ccccc2)n[nH]1. The lowest BCUT2D eigenvalue weighted by Crippen LogP contribution is -2.26. The van der Waals surface area contributed by atoms with Crippen molar-refractivity contribution in [3.63, 3.8) is 0 Å². The highest BCUT2D eigenvalue weighted by atomic mass is 16.1. The third-order valence-electron chi connectivity index (χ3n) is 4.24. The van der Waals surface area contributed by atoms with Crippen molar-refractivity contribution in [2.45, 2.75) is 32.4 Å². The van der Waals surface area contributed by atoms with E-state index in [4.69, 9.17) is 0 Å². The number of carbonyl (C=O) groups is 1. The topological polar surface area (TPSA) is 88.5 Å². The Morgan fingerprint density at radius 1 is 1.21 bits per heavy atom. The molecule has 0 aliphatic carbocycles. The molecule has 1 aromatic carbocycles. The molecule has 0 saturated carbocycles. The van der Waals surface area contributed by atoms with Crippen molar-refractivity contribution < 1.29 is 4.79 Å². The lowest BCUT2D eigenvalue weighted by molar-refractivity contribution is 0.0944. The number of rotatable bonds is 4. The molecule has 24 heavy (non-hydrogen) atoms. The number of nitrogens with zero attached hydrogens (tertiary/aromatic N) is 4. The number of carbonyl (C=O) groups excluding carboxylic acids is 1. The summed E-state index contributed by atoms with van der Waals surface area (Å²) in [6, 6.07) is 11.5. The first kappa shape index (κ1) is 14.6. The van der Waals surface area contributed by atoms with Crippen molar-refractivity contribution in [2.75, 3.05) is 0 Å². The van der Waals surface area contributed by atoms with Gasteiger partial charge < -0.3 is 9.88 Å². The number of aryl methyl sites for hydroxylation is 1. The Morgan fingerprint density at radius 3 is 2.96 bits per heavy atom. The molecule has 7 nitrogen and oxygen atoms in total. The third kappa shape index (κ3) is 2.80. The Kier molecular flexibility index (Phi) is 3.82. The van der Waals surface area contributed by atoms with Gasteiger partial charge in [0.2, 0.25) is 0 Å². The summed E-state index contributed by atoms with van der Waals surface area (Å²) in [6.45, 7) is 1.29. The summed E-state index contributed by atoms with van der Waals surface area (Å²) in [6.07, 6.45) is 3.25. The van der Waals surface area contributed by atoms with E-state index >= 15 is 0 Å². The lowest BCUT2D eigenvalue weighted by atomic mass is 10.1. The fourth-order valence-corrected chi connectivity index (χ4v) is 2.95. The highest BCUT2D eigenvalue weighted by Gasteiger charge is 2.17. The summed E-state index contributed by atoms with van der Waals surface area (Å²) in [5, 5.41) is 18.3. The van der Waals surface area contributed by atoms with E-state index < -0.39 is 0 Å². The molecule has 0 bridgehead atoms. The van der Waals surface area contributed by atoms with Gasteiger partial charge >= 0.3 is 0 Å². The van der Waals surface area contributed by atoms with E-state index in [-0.39, 0.29) is 5.91 Å². The normalized spacial score (nSPS) is 13.5. The molecule has 0 fully saturated rings. The molecule has 7 heteroatoms. The van der Waals surface area contributed by atoms with Gasteiger partial charge in [-0.1, -0.05) is 30.3 Å². The summed E-state index contributed by atoms with van der Waals surface area (Å²) in [7, 11) is 0. The summed E-state index contributed by atoms with van der Waals surface area (Å²) in [4.78, 5) is 12.3. The Morgan fingerprint density at radius 2 is 2.08 bits per heavy atom. The molecule has 4 rings (SSSR count). The molecule has 2 aromatic heterocycles. The van der Waals surface area contributed by atoms with Gasteiger partial charge in [-0.2, -0.15) is 5.10 Å². The second-order valence-corrected chi connectivity index (χ2v) is 5.86. The Bertz CT molecular complexity index is 851. The van der Waals surface area contributed by atoms with Crippen molar-refractivity contribution in [3.05, 3.63) is 53.7 Å². The Labute approximate surface area is 139 Å². The van der Waals surface area contributed by atoms with E-state index in [0.29, 0.717) is 12.2 Å². The number of H-pyrrole nitrogens is 1. The van der Waals surface area contributed by atoms with Gasteiger partial charge in [0.05, 0.1) is 12.2 Å². The van der Waals surface area contributed by atoms with Gasteiger partial charge in [0.15, 0.2) is 5.82 Å². The van der Waals surface area contributed by atoms with Crippen LogP contribution in [0, 0.1) is 0 Å². The van der Waals surface area contributed by atoms with Crippen LogP contribution in [0.5, 0.6) is 0 Å². The highest BCUT2D eigenvalue weighted by Crippen LogP contribution is 2.17. The van der Waals surface area contributed by atoms with Crippen molar-refractivity contribution in [1.29, 1.82) is 0 Å². The third-order valence-corrected chi connectivity index (χ3v) is 4.24.